The minimum absolute atomic E-state index is 0.684. The smallest absolute Gasteiger partial charge is 0.379 e. The van der Waals surface area contributed by atoms with Gasteiger partial charge in [-0.3, -0.25) is 0 Å². The van der Waals surface area contributed by atoms with Crippen molar-refractivity contribution in [3.8, 4) is 5.69 Å². The van der Waals surface area contributed by atoms with E-state index >= 15 is 0 Å². The zero-order valence-electron chi connectivity index (χ0n) is 17.8. The summed E-state index contributed by atoms with van der Waals surface area (Å²) in [6.07, 6.45) is 4.02. The van der Waals surface area contributed by atoms with Crippen LogP contribution in [-0.2, 0) is 11.8 Å². The van der Waals surface area contributed by atoms with Crippen molar-refractivity contribution in [2.75, 3.05) is 19.1 Å². The molecule has 5 heteroatoms. The maximum atomic E-state index is 6.02. The zero-order chi connectivity index (χ0) is 21.4. The number of nitrogens with zero attached hydrogens (tertiary/aromatic N) is 3. The van der Waals surface area contributed by atoms with Gasteiger partial charge < -0.3 is 18.6 Å². The van der Waals surface area contributed by atoms with Gasteiger partial charge in [0.25, 0.3) is 5.52 Å². The van der Waals surface area contributed by atoms with Crippen molar-refractivity contribution in [3.63, 3.8) is 0 Å². The maximum absolute atomic E-state index is 6.02. The van der Waals surface area contributed by atoms with Crippen molar-refractivity contribution >= 4 is 33.8 Å². The van der Waals surface area contributed by atoms with Gasteiger partial charge in [-0.25, -0.2) is 0 Å². The summed E-state index contributed by atoms with van der Waals surface area (Å²) >= 11 is 0. The van der Waals surface area contributed by atoms with E-state index in [1.54, 1.807) is 7.11 Å². The van der Waals surface area contributed by atoms with Crippen LogP contribution in [0, 0.1) is 0 Å². The minimum atomic E-state index is 0.684. The third kappa shape index (κ3) is 3.34. The number of fused-ring (bicyclic) bond motifs is 2. The third-order valence-corrected chi connectivity index (χ3v) is 5.65. The average molecular weight is 410 g/mol. The Morgan fingerprint density at radius 1 is 1.00 bits per heavy atom. The number of hydrogen-bond acceptors (Lipinski definition) is 3. The summed E-state index contributed by atoms with van der Waals surface area (Å²) in [5.74, 6) is 1.40. The third-order valence-electron chi connectivity index (χ3n) is 5.65. The lowest BCUT2D eigenvalue weighted by molar-refractivity contribution is -0.652. The van der Waals surface area contributed by atoms with Crippen molar-refractivity contribution < 1.29 is 13.7 Å². The summed E-state index contributed by atoms with van der Waals surface area (Å²) in [6, 6.07) is 26.9. The zero-order valence-corrected chi connectivity index (χ0v) is 17.8. The fourth-order valence-electron chi connectivity index (χ4n) is 3.93. The van der Waals surface area contributed by atoms with Crippen LogP contribution >= 0.6 is 0 Å². The van der Waals surface area contributed by atoms with Crippen LogP contribution in [-0.4, -0.2) is 18.7 Å². The first-order chi connectivity index (χ1) is 15.2. The second kappa shape index (κ2) is 7.69. The summed E-state index contributed by atoms with van der Waals surface area (Å²) in [7, 11) is 5.65. The highest BCUT2D eigenvalue weighted by molar-refractivity contribution is 5.82. The maximum Gasteiger partial charge on any atom is 0.379 e. The molecule has 0 radical (unpaired) electrons. The Morgan fingerprint density at radius 2 is 1.81 bits per heavy atom. The molecule has 0 atom stereocenters. The lowest BCUT2D eigenvalue weighted by atomic mass is 10.2. The number of aromatic nitrogens is 2. The van der Waals surface area contributed by atoms with Gasteiger partial charge in [0.2, 0.25) is 11.5 Å². The molecule has 154 valence electrons. The predicted molar refractivity (Wildman–Crippen MR) is 124 cm³/mol. The summed E-state index contributed by atoms with van der Waals surface area (Å²) in [5, 5.41) is 1.22. The Kier molecular flexibility index (Phi) is 4.71. The fraction of sp³-hybridized carbons (Fsp3) is 0.115. The molecule has 0 amide bonds. The Labute approximate surface area is 181 Å². The molecule has 0 spiro atoms. The van der Waals surface area contributed by atoms with Crippen molar-refractivity contribution in [1.82, 2.24) is 4.57 Å². The van der Waals surface area contributed by atoms with Crippen LogP contribution in [0.3, 0.4) is 0 Å². The minimum Gasteiger partial charge on any atom is -0.482 e. The first-order valence-electron chi connectivity index (χ1n) is 10.2. The molecular formula is C26H24N3O2+. The lowest BCUT2D eigenvalue weighted by Gasteiger charge is -2.21. The Hall–Kier alpha value is -3.99. The first kappa shape index (κ1) is 19.0. The van der Waals surface area contributed by atoms with E-state index in [2.05, 4.69) is 65.4 Å². The molecule has 0 fully saturated rings. The molecule has 31 heavy (non-hydrogen) atoms. The molecule has 0 aliphatic rings. The average Bonchev–Trinajstić information content (AvgIpc) is 3.38. The van der Waals surface area contributed by atoms with Gasteiger partial charge in [-0.05, 0) is 41.8 Å². The van der Waals surface area contributed by atoms with Crippen LogP contribution in [0.4, 0.5) is 5.69 Å². The van der Waals surface area contributed by atoms with E-state index in [1.165, 1.54) is 10.9 Å². The van der Waals surface area contributed by atoms with Crippen LogP contribution in [0.25, 0.3) is 33.8 Å². The fourth-order valence-corrected chi connectivity index (χ4v) is 3.93. The van der Waals surface area contributed by atoms with E-state index in [-0.39, 0.29) is 0 Å². The summed E-state index contributed by atoms with van der Waals surface area (Å²) < 4.78 is 16.0. The second-order valence-electron chi connectivity index (χ2n) is 7.48. The quantitative estimate of drug-likeness (QED) is 0.292. The van der Waals surface area contributed by atoms with Crippen LogP contribution in [0.5, 0.6) is 0 Å². The van der Waals surface area contributed by atoms with Gasteiger partial charge in [-0.1, -0.05) is 36.4 Å². The van der Waals surface area contributed by atoms with Crippen LogP contribution in [0.1, 0.15) is 5.89 Å². The Bertz CT molecular complexity index is 1410. The molecule has 0 unspecified atom stereocenters. The van der Waals surface area contributed by atoms with Crippen molar-refractivity contribution in [1.29, 1.82) is 0 Å². The second-order valence-corrected chi connectivity index (χ2v) is 7.48. The van der Waals surface area contributed by atoms with Gasteiger partial charge in [0.15, 0.2) is 0 Å². The van der Waals surface area contributed by atoms with Crippen molar-refractivity contribution in [2.24, 2.45) is 7.05 Å². The molecule has 5 nitrogen and oxygen atoms in total. The van der Waals surface area contributed by atoms with E-state index in [0.717, 1.165) is 28.4 Å². The number of aryl methyl sites for hydroxylation is 1. The number of rotatable bonds is 5. The standard InChI is InChI=1S/C26H24N3O2/c1-27(25(30-3)18-26-28(2)23-13-6-7-14-24(23)31-26)20-10-8-11-21(17-20)29-16-15-19-9-4-5-12-22(19)29/h4-18H,1-3H3/q+1. The SMILES string of the molecule is COC(=Cc1oc2ccccc2[n+]1C)N(C)c1cccc(-n2ccc3ccccc32)c1. The molecule has 0 bridgehead atoms. The largest absolute Gasteiger partial charge is 0.482 e. The van der Waals surface area contributed by atoms with Gasteiger partial charge in [0, 0.05) is 30.7 Å². The van der Waals surface area contributed by atoms with Gasteiger partial charge in [0.05, 0.1) is 12.6 Å². The lowest BCUT2D eigenvalue weighted by Crippen LogP contribution is -2.30. The van der Waals surface area contributed by atoms with E-state index in [9.17, 15) is 0 Å². The summed E-state index contributed by atoms with van der Waals surface area (Å²) in [5.41, 5.74) is 5.17. The number of benzene rings is 3. The van der Waals surface area contributed by atoms with E-state index in [4.69, 9.17) is 9.15 Å². The number of oxazole rings is 1. The summed E-state index contributed by atoms with van der Waals surface area (Å²) in [4.78, 5) is 2.02. The highest BCUT2D eigenvalue weighted by Gasteiger charge is 2.19. The highest BCUT2D eigenvalue weighted by atomic mass is 16.5. The molecular weight excluding hydrogens is 386 g/mol. The first-order valence-corrected chi connectivity index (χ1v) is 10.2. The topological polar surface area (TPSA) is 34.4 Å². The number of ether oxygens (including phenoxy) is 1. The molecule has 0 N–H and O–H groups in total. The Morgan fingerprint density at radius 3 is 2.65 bits per heavy atom. The van der Waals surface area contributed by atoms with E-state index in [1.807, 2.05) is 53.9 Å². The highest BCUT2D eigenvalue weighted by Crippen LogP contribution is 2.26. The normalized spacial score (nSPS) is 11.9. The van der Waals surface area contributed by atoms with Crippen LogP contribution < -0.4 is 9.47 Å². The molecule has 2 aromatic heterocycles. The van der Waals surface area contributed by atoms with Crippen LogP contribution in [0.15, 0.2) is 95.4 Å². The van der Waals surface area contributed by atoms with E-state index < -0.39 is 0 Å². The van der Waals surface area contributed by atoms with Crippen molar-refractivity contribution in [2.45, 2.75) is 0 Å². The molecule has 0 saturated carbocycles. The number of para-hydroxylation sites is 3. The number of hydrogen-bond donors (Lipinski definition) is 0. The predicted octanol–water partition coefficient (Wildman–Crippen LogP) is 5.28. The van der Waals surface area contributed by atoms with Gasteiger partial charge >= 0.3 is 5.89 Å². The molecule has 0 saturated heterocycles. The molecule has 2 heterocycles. The van der Waals surface area contributed by atoms with Crippen LogP contribution in [0.2, 0.25) is 0 Å². The van der Waals surface area contributed by atoms with E-state index in [0.29, 0.717) is 5.88 Å². The molecule has 5 aromatic rings. The van der Waals surface area contributed by atoms with Gasteiger partial charge in [-0.2, -0.15) is 4.57 Å². The van der Waals surface area contributed by atoms with Crippen molar-refractivity contribution in [3.05, 3.63) is 96.8 Å². The molecule has 0 aliphatic heterocycles. The molecule has 0 aliphatic carbocycles. The molecule has 3 aromatic carbocycles. The number of methoxy groups -OCH3 is 1. The number of anilines is 1. The Balaban J connectivity index is 1.52. The van der Waals surface area contributed by atoms with Gasteiger partial charge in [-0.15, -0.1) is 0 Å². The molecule has 5 rings (SSSR count). The van der Waals surface area contributed by atoms with Gasteiger partial charge in [0.1, 0.15) is 13.1 Å². The monoisotopic (exact) mass is 410 g/mol. The summed E-state index contributed by atoms with van der Waals surface area (Å²) in [6.45, 7) is 0.